The van der Waals surface area contributed by atoms with Gasteiger partial charge in [0.25, 0.3) is 0 Å². The molecule has 142 valence electrons. The SMILES string of the molecule is C=CC[C@]1(CN)CN(Cc2ccccc2)C[C@H]2CCC3(C[C@H]21)OCCO3. The fourth-order valence-corrected chi connectivity index (χ4v) is 5.63. The van der Waals surface area contributed by atoms with E-state index in [-0.39, 0.29) is 11.2 Å². The van der Waals surface area contributed by atoms with Crippen molar-refractivity contribution in [3.8, 4) is 0 Å². The zero-order valence-corrected chi connectivity index (χ0v) is 15.7. The minimum atomic E-state index is -0.343. The van der Waals surface area contributed by atoms with Gasteiger partial charge in [0.15, 0.2) is 5.79 Å². The lowest BCUT2D eigenvalue weighted by Gasteiger charge is -2.56. The van der Waals surface area contributed by atoms with E-state index in [0.717, 1.165) is 58.5 Å². The van der Waals surface area contributed by atoms with Gasteiger partial charge in [-0.3, -0.25) is 4.90 Å². The zero-order valence-electron chi connectivity index (χ0n) is 15.7. The normalized spacial score (nSPS) is 33.9. The second kappa shape index (κ2) is 7.43. The molecule has 1 aromatic carbocycles. The molecule has 1 aromatic rings. The molecule has 0 bridgehead atoms. The van der Waals surface area contributed by atoms with Crippen molar-refractivity contribution in [3.63, 3.8) is 0 Å². The molecule has 3 aliphatic rings. The van der Waals surface area contributed by atoms with E-state index in [2.05, 4.69) is 47.9 Å². The van der Waals surface area contributed by atoms with E-state index in [4.69, 9.17) is 15.2 Å². The van der Waals surface area contributed by atoms with Crippen LogP contribution in [0.3, 0.4) is 0 Å². The lowest BCUT2D eigenvalue weighted by Crippen LogP contribution is -2.60. The van der Waals surface area contributed by atoms with Gasteiger partial charge in [-0.05, 0) is 36.8 Å². The Morgan fingerprint density at radius 1 is 1.23 bits per heavy atom. The van der Waals surface area contributed by atoms with E-state index in [9.17, 15) is 0 Å². The Bertz CT molecular complexity index is 614. The molecule has 2 N–H and O–H groups in total. The smallest absolute Gasteiger partial charge is 0.168 e. The number of nitrogens with zero attached hydrogens (tertiary/aromatic N) is 1. The van der Waals surface area contributed by atoms with E-state index < -0.39 is 0 Å². The molecular weight excluding hydrogens is 324 g/mol. The maximum Gasteiger partial charge on any atom is 0.168 e. The molecular formula is C22H32N2O2. The zero-order chi connectivity index (χ0) is 18.0. The average molecular weight is 357 g/mol. The Hall–Kier alpha value is -1.20. The van der Waals surface area contributed by atoms with Gasteiger partial charge in [0.1, 0.15) is 0 Å². The third kappa shape index (κ3) is 3.36. The molecule has 1 saturated carbocycles. The van der Waals surface area contributed by atoms with Crippen LogP contribution >= 0.6 is 0 Å². The Morgan fingerprint density at radius 2 is 2.00 bits per heavy atom. The molecule has 0 unspecified atom stereocenters. The number of likely N-dealkylation sites (tertiary alicyclic amines) is 1. The molecule has 4 rings (SSSR count). The van der Waals surface area contributed by atoms with Crippen molar-refractivity contribution in [2.24, 2.45) is 23.0 Å². The molecule has 4 heteroatoms. The van der Waals surface area contributed by atoms with Gasteiger partial charge >= 0.3 is 0 Å². The minimum Gasteiger partial charge on any atom is -0.348 e. The topological polar surface area (TPSA) is 47.7 Å². The molecule has 3 fully saturated rings. The maximum absolute atomic E-state index is 6.42. The molecule has 0 aromatic heterocycles. The summed E-state index contributed by atoms with van der Waals surface area (Å²) in [4.78, 5) is 2.61. The van der Waals surface area contributed by atoms with Crippen LogP contribution in [0.15, 0.2) is 43.0 Å². The summed E-state index contributed by atoms with van der Waals surface area (Å²) < 4.78 is 12.1. The van der Waals surface area contributed by atoms with Crippen LogP contribution in [0.2, 0.25) is 0 Å². The Kier molecular flexibility index (Phi) is 5.20. The molecule has 2 saturated heterocycles. The minimum absolute atomic E-state index is 0.0716. The van der Waals surface area contributed by atoms with E-state index in [1.165, 1.54) is 5.56 Å². The predicted octanol–water partition coefficient (Wildman–Crippen LogP) is 3.18. The van der Waals surface area contributed by atoms with Crippen molar-refractivity contribution < 1.29 is 9.47 Å². The van der Waals surface area contributed by atoms with Gasteiger partial charge in [-0.2, -0.15) is 0 Å². The second-order valence-electron chi connectivity index (χ2n) is 8.43. The number of nitrogens with two attached hydrogens (primary N) is 1. The second-order valence-corrected chi connectivity index (χ2v) is 8.43. The monoisotopic (exact) mass is 356 g/mol. The fourth-order valence-electron chi connectivity index (χ4n) is 5.63. The Labute approximate surface area is 157 Å². The number of allylic oxidation sites excluding steroid dienone is 1. The van der Waals surface area contributed by atoms with Crippen molar-refractivity contribution in [3.05, 3.63) is 48.6 Å². The molecule has 2 heterocycles. The summed E-state index contributed by atoms with van der Waals surface area (Å²) in [6.45, 7) is 9.38. The van der Waals surface area contributed by atoms with Gasteiger partial charge in [0.05, 0.1) is 13.2 Å². The highest BCUT2D eigenvalue weighted by molar-refractivity contribution is 5.15. The highest BCUT2D eigenvalue weighted by atomic mass is 16.7. The van der Waals surface area contributed by atoms with Crippen LogP contribution in [0.5, 0.6) is 0 Å². The first-order chi connectivity index (χ1) is 12.7. The largest absolute Gasteiger partial charge is 0.348 e. The highest BCUT2D eigenvalue weighted by Gasteiger charge is 2.54. The molecule has 26 heavy (non-hydrogen) atoms. The number of hydrogen-bond acceptors (Lipinski definition) is 4. The molecule has 2 aliphatic heterocycles. The summed E-state index contributed by atoms with van der Waals surface area (Å²) in [6, 6.07) is 10.8. The Morgan fingerprint density at radius 3 is 2.69 bits per heavy atom. The lowest BCUT2D eigenvalue weighted by molar-refractivity contribution is -0.216. The van der Waals surface area contributed by atoms with Crippen molar-refractivity contribution >= 4 is 0 Å². The Balaban J connectivity index is 1.57. The van der Waals surface area contributed by atoms with Crippen LogP contribution in [0.25, 0.3) is 0 Å². The molecule has 3 atom stereocenters. The number of hydrogen-bond donors (Lipinski definition) is 1. The van der Waals surface area contributed by atoms with Crippen LogP contribution in [0.1, 0.15) is 31.2 Å². The van der Waals surface area contributed by atoms with Crippen molar-refractivity contribution in [1.82, 2.24) is 4.90 Å². The summed E-state index contributed by atoms with van der Waals surface area (Å²) in [5.74, 6) is 0.864. The van der Waals surface area contributed by atoms with Crippen LogP contribution < -0.4 is 5.73 Å². The predicted molar refractivity (Wildman–Crippen MR) is 103 cm³/mol. The van der Waals surface area contributed by atoms with Crippen molar-refractivity contribution in [2.45, 2.75) is 38.0 Å². The van der Waals surface area contributed by atoms with Crippen LogP contribution in [0, 0.1) is 17.3 Å². The third-order valence-corrected chi connectivity index (χ3v) is 6.83. The lowest BCUT2D eigenvalue weighted by atomic mass is 9.58. The number of rotatable bonds is 5. The molecule has 1 aliphatic carbocycles. The first-order valence-electron chi connectivity index (χ1n) is 10.0. The van der Waals surface area contributed by atoms with Crippen molar-refractivity contribution in [1.29, 1.82) is 0 Å². The van der Waals surface area contributed by atoms with Crippen LogP contribution in [-0.2, 0) is 16.0 Å². The molecule has 0 radical (unpaired) electrons. The number of fused-ring (bicyclic) bond motifs is 1. The first-order valence-corrected chi connectivity index (χ1v) is 10.0. The summed E-state index contributed by atoms with van der Waals surface area (Å²) in [6.07, 6.45) is 6.19. The van der Waals surface area contributed by atoms with Crippen LogP contribution in [0.4, 0.5) is 0 Å². The maximum atomic E-state index is 6.42. The summed E-state index contributed by atoms with van der Waals surface area (Å²) in [7, 11) is 0. The van der Waals surface area contributed by atoms with E-state index in [1.807, 2.05) is 0 Å². The van der Waals surface area contributed by atoms with Gasteiger partial charge < -0.3 is 15.2 Å². The highest BCUT2D eigenvalue weighted by Crippen LogP contribution is 2.52. The van der Waals surface area contributed by atoms with Gasteiger partial charge in [0.2, 0.25) is 0 Å². The van der Waals surface area contributed by atoms with Crippen LogP contribution in [-0.4, -0.2) is 43.5 Å². The summed E-state index contributed by atoms with van der Waals surface area (Å²) in [5, 5.41) is 0. The van der Waals surface area contributed by atoms with E-state index in [0.29, 0.717) is 18.4 Å². The molecule has 0 amide bonds. The van der Waals surface area contributed by atoms with E-state index in [1.54, 1.807) is 0 Å². The van der Waals surface area contributed by atoms with E-state index >= 15 is 0 Å². The van der Waals surface area contributed by atoms with Gasteiger partial charge in [-0.25, -0.2) is 0 Å². The summed E-state index contributed by atoms with van der Waals surface area (Å²) in [5.41, 5.74) is 7.87. The quantitative estimate of drug-likeness (QED) is 0.823. The summed E-state index contributed by atoms with van der Waals surface area (Å²) >= 11 is 0. The third-order valence-electron chi connectivity index (χ3n) is 6.83. The number of ether oxygens (including phenoxy) is 2. The molecule has 1 spiro atoms. The van der Waals surface area contributed by atoms with Crippen molar-refractivity contribution in [2.75, 3.05) is 32.8 Å². The van der Waals surface area contributed by atoms with Gasteiger partial charge in [-0.1, -0.05) is 36.4 Å². The standard InChI is InChI=1S/C22H32N2O2/c1-2-9-21(16-23)17-24(14-18-6-4-3-5-7-18)15-19-8-10-22(13-20(19)21)25-11-12-26-22/h2-7,19-20H,1,8-17,23H2/t19-,20-,21+/m1/s1. The van der Waals surface area contributed by atoms with Gasteiger partial charge in [-0.15, -0.1) is 6.58 Å². The number of benzene rings is 1. The fraction of sp³-hybridized carbons (Fsp3) is 0.636. The van der Waals surface area contributed by atoms with Gasteiger partial charge in [0, 0.05) is 37.9 Å². The number of piperidine rings is 1. The average Bonchev–Trinajstić information content (AvgIpc) is 3.11. The first kappa shape index (κ1) is 18.2. The molecule has 4 nitrogen and oxygen atoms in total.